The van der Waals surface area contributed by atoms with E-state index in [0.717, 1.165) is 25.0 Å². The summed E-state index contributed by atoms with van der Waals surface area (Å²) in [6, 6.07) is -0.453. The van der Waals surface area contributed by atoms with Crippen LogP contribution in [0, 0.1) is 11.8 Å². The van der Waals surface area contributed by atoms with Crippen molar-refractivity contribution in [3.05, 3.63) is 11.9 Å². The summed E-state index contributed by atoms with van der Waals surface area (Å²) in [5.74, 6) is 0.667. The summed E-state index contributed by atoms with van der Waals surface area (Å²) in [7, 11) is 0. The molecule has 7 nitrogen and oxygen atoms in total. The predicted molar refractivity (Wildman–Crippen MR) is 85.7 cm³/mol. The van der Waals surface area contributed by atoms with Gasteiger partial charge in [-0.05, 0) is 38.0 Å². The number of aliphatic hydroxyl groups excluding tert-OH is 2. The molecule has 0 saturated heterocycles. The summed E-state index contributed by atoms with van der Waals surface area (Å²) < 4.78 is 1.69. The van der Waals surface area contributed by atoms with E-state index in [1.54, 1.807) is 4.68 Å². The van der Waals surface area contributed by atoms with Gasteiger partial charge in [0.1, 0.15) is 0 Å². The van der Waals surface area contributed by atoms with Crippen LogP contribution in [-0.4, -0.2) is 50.4 Å². The number of aromatic nitrogens is 3. The van der Waals surface area contributed by atoms with Crippen molar-refractivity contribution in [1.29, 1.82) is 0 Å². The largest absolute Gasteiger partial charge is 0.394 e. The number of rotatable bonds is 10. The number of carbonyl (C=O) groups excluding carboxylic acids is 1. The topological polar surface area (TPSA) is 100 Å². The van der Waals surface area contributed by atoms with E-state index >= 15 is 0 Å². The number of aliphatic hydroxyl groups is 2. The van der Waals surface area contributed by atoms with Gasteiger partial charge in [-0.25, -0.2) is 4.68 Å². The molecule has 2 unspecified atom stereocenters. The SMILES string of the molecule is CC(C)Cc1cn(C(CO)CCC(CO)NC(=O)C2CC2)nn1. The fourth-order valence-electron chi connectivity index (χ4n) is 2.58. The summed E-state index contributed by atoms with van der Waals surface area (Å²) in [6.45, 7) is 4.11. The molecule has 0 aromatic carbocycles. The first-order chi connectivity index (χ1) is 11.0. The molecule has 2 atom stereocenters. The van der Waals surface area contributed by atoms with Gasteiger partial charge in [-0.1, -0.05) is 19.1 Å². The molecular weight excluding hydrogens is 296 g/mol. The van der Waals surface area contributed by atoms with Crippen molar-refractivity contribution < 1.29 is 15.0 Å². The normalized spacial score (nSPS) is 17.3. The number of nitrogens with one attached hydrogen (secondary N) is 1. The average Bonchev–Trinajstić information content (AvgIpc) is 3.27. The molecule has 23 heavy (non-hydrogen) atoms. The Bertz CT molecular complexity index is 499. The monoisotopic (exact) mass is 324 g/mol. The van der Waals surface area contributed by atoms with E-state index in [1.165, 1.54) is 0 Å². The van der Waals surface area contributed by atoms with Crippen LogP contribution < -0.4 is 5.32 Å². The van der Waals surface area contributed by atoms with Crippen LogP contribution in [0.5, 0.6) is 0 Å². The van der Waals surface area contributed by atoms with Gasteiger partial charge in [0.2, 0.25) is 5.91 Å². The van der Waals surface area contributed by atoms with Gasteiger partial charge in [-0.2, -0.15) is 0 Å². The van der Waals surface area contributed by atoms with Crippen LogP contribution in [0.25, 0.3) is 0 Å². The molecule has 1 heterocycles. The second kappa shape index (κ2) is 8.40. The Morgan fingerprint density at radius 2 is 2.09 bits per heavy atom. The predicted octanol–water partition coefficient (Wildman–Crippen LogP) is 0.677. The van der Waals surface area contributed by atoms with Gasteiger partial charge >= 0.3 is 0 Å². The zero-order valence-electron chi connectivity index (χ0n) is 14.0. The van der Waals surface area contributed by atoms with Crippen molar-refractivity contribution >= 4 is 5.91 Å². The average molecular weight is 324 g/mol. The molecule has 1 aliphatic carbocycles. The van der Waals surface area contributed by atoms with E-state index in [2.05, 4.69) is 29.5 Å². The van der Waals surface area contributed by atoms with Gasteiger partial charge in [0, 0.05) is 12.1 Å². The molecule has 0 spiro atoms. The first-order valence-corrected chi connectivity index (χ1v) is 8.46. The van der Waals surface area contributed by atoms with Gasteiger partial charge in [-0.3, -0.25) is 4.79 Å². The fourth-order valence-corrected chi connectivity index (χ4v) is 2.58. The zero-order valence-corrected chi connectivity index (χ0v) is 14.0. The third-order valence-corrected chi connectivity index (χ3v) is 4.12. The number of nitrogens with zero attached hydrogens (tertiary/aromatic N) is 3. The van der Waals surface area contributed by atoms with Crippen molar-refractivity contribution in [3.8, 4) is 0 Å². The minimum atomic E-state index is -0.268. The molecule has 1 aliphatic rings. The summed E-state index contributed by atoms with van der Waals surface area (Å²) in [6.07, 6.45) is 5.84. The standard InChI is InChI=1S/C16H28N4O3/c1-11(2)7-14-8-20(19-18-14)15(10-22)6-5-13(9-21)17-16(23)12-3-4-12/h8,11-13,15,21-22H,3-7,9-10H2,1-2H3,(H,17,23). The van der Waals surface area contributed by atoms with E-state index in [4.69, 9.17) is 0 Å². The number of carbonyl (C=O) groups is 1. The van der Waals surface area contributed by atoms with Crippen LogP contribution in [-0.2, 0) is 11.2 Å². The molecule has 3 N–H and O–H groups in total. The second-order valence-corrected chi connectivity index (χ2v) is 6.86. The number of amides is 1. The Morgan fingerprint density at radius 1 is 1.35 bits per heavy atom. The van der Waals surface area contributed by atoms with E-state index in [-0.39, 0.29) is 37.1 Å². The van der Waals surface area contributed by atoms with E-state index in [9.17, 15) is 15.0 Å². The molecule has 1 fully saturated rings. The van der Waals surface area contributed by atoms with Crippen LogP contribution >= 0.6 is 0 Å². The van der Waals surface area contributed by atoms with Crippen molar-refractivity contribution in [1.82, 2.24) is 20.3 Å². The highest BCUT2D eigenvalue weighted by Crippen LogP contribution is 2.29. The molecule has 1 aromatic heterocycles. The molecule has 0 radical (unpaired) electrons. The molecule has 2 rings (SSSR count). The van der Waals surface area contributed by atoms with Crippen LogP contribution in [0.2, 0.25) is 0 Å². The Labute approximate surface area is 137 Å². The van der Waals surface area contributed by atoms with Crippen LogP contribution in [0.4, 0.5) is 0 Å². The molecule has 130 valence electrons. The van der Waals surface area contributed by atoms with Crippen molar-refractivity contribution in [2.24, 2.45) is 11.8 Å². The summed E-state index contributed by atoms with van der Waals surface area (Å²) in [5.41, 5.74) is 0.916. The quantitative estimate of drug-likeness (QED) is 0.587. The molecule has 7 heteroatoms. The summed E-state index contributed by atoms with van der Waals surface area (Å²) >= 11 is 0. The minimum Gasteiger partial charge on any atom is -0.394 e. The lowest BCUT2D eigenvalue weighted by atomic mass is 10.1. The molecule has 1 aromatic rings. The highest BCUT2D eigenvalue weighted by atomic mass is 16.3. The van der Waals surface area contributed by atoms with Crippen molar-refractivity contribution in [3.63, 3.8) is 0 Å². The lowest BCUT2D eigenvalue weighted by Gasteiger charge is -2.19. The van der Waals surface area contributed by atoms with E-state index in [0.29, 0.717) is 18.8 Å². The Balaban J connectivity index is 1.85. The van der Waals surface area contributed by atoms with Gasteiger partial charge < -0.3 is 15.5 Å². The third kappa shape index (κ3) is 5.58. The molecule has 0 aliphatic heterocycles. The van der Waals surface area contributed by atoms with Crippen LogP contribution in [0.15, 0.2) is 6.20 Å². The number of hydrogen-bond donors (Lipinski definition) is 3. The molecule has 1 saturated carbocycles. The highest BCUT2D eigenvalue weighted by Gasteiger charge is 2.30. The summed E-state index contributed by atoms with van der Waals surface area (Å²) in [4.78, 5) is 11.8. The lowest BCUT2D eigenvalue weighted by molar-refractivity contribution is -0.123. The smallest absolute Gasteiger partial charge is 0.223 e. The van der Waals surface area contributed by atoms with Gasteiger partial charge in [0.25, 0.3) is 0 Å². The molecule has 0 bridgehead atoms. The first kappa shape index (κ1) is 17.9. The molecule has 1 amide bonds. The Hall–Kier alpha value is -1.47. The Morgan fingerprint density at radius 3 is 2.65 bits per heavy atom. The number of hydrogen-bond acceptors (Lipinski definition) is 5. The summed E-state index contributed by atoms with van der Waals surface area (Å²) in [5, 5.41) is 30.1. The van der Waals surface area contributed by atoms with E-state index < -0.39 is 0 Å². The van der Waals surface area contributed by atoms with Crippen molar-refractivity contribution in [2.75, 3.05) is 13.2 Å². The van der Waals surface area contributed by atoms with Gasteiger partial charge in [0.05, 0.1) is 31.0 Å². The van der Waals surface area contributed by atoms with Crippen molar-refractivity contribution in [2.45, 2.75) is 58.0 Å². The maximum atomic E-state index is 11.8. The third-order valence-electron chi connectivity index (χ3n) is 4.12. The van der Waals surface area contributed by atoms with Gasteiger partial charge in [-0.15, -0.1) is 5.10 Å². The lowest BCUT2D eigenvalue weighted by Crippen LogP contribution is -2.38. The van der Waals surface area contributed by atoms with Gasteiger partial charge in [0.15, 0.2) is 0 Å². The first-order valence-electron chi connectivity index (χ1n) is 8.46. The zero-order chi connectivity index (χ0) is 16.8. The maximum absolute atomic E-state index is 11.8. The Kier molecular flexibility index (Phi) is 6.53. The minimum absolute atomic E-state index is 0.0320. The fraction of sp³-hybridized carbons (Fsp3) is 0.812. The highest BCUT2D eigenvalue weighted by molar-refractivity contribution is 5.81. The second-order valence-electron chi connectivity index (χ2n) is 6.86. The van der Waals surface area contributed by atoms with E-state index in [1.807, 2.05) is 6.20 Å². The van der Waals surface area contributed by atoms with Crippen LogP contribution in [0.1, 0.15) is 51.3 Å². The maximum Gasteiger partial charge on any atom is 0.223 e. The van der Waals surface area contributed by atoms with Crippen LogP contribution in [0.3, 0.4) is 0 Å². The molecular formula is C16H28N4O3.